The van der Waals surface area contributed by atoms with Crippen molar-refractivity contribution in [2.45, 2.75) is 18.9 Å². The standard InChI is InChI=1S/C10H12ClN3O/c11-8-2-1-3-9(14-8)12-6-7-4-5-10(15)13-7/h1-3,7H,4-6H2,(H,12,14)(H,13,15). The average molecular weight is 226 g/mol. The number of rotatable bonds is 3. The highest BCUT2D eigenvalue weighted by molar-refractivity contribution is 6.29. The fourth-order valence-corrected chi connectivity index (χ4v) is 1.73. The largest absolute Gasteiger partial charge is 0.368 e. The van der Waals surface area contributed by atoms with E-state index in [-0.39, 0.29) is 11.9 Å². The molecule has 1 aliphatic heterocycles. The van der Waals surface area contributed by atoms with E-state index in [0.29, 0.717) is 18.1 Å². The molecule has 0 saturated carbocycles. The summed E-state index contributed by atoms with van der Waals surface area (Å²) in [7, 11) is 0. The van der Waals surface area contributed by atoms with E-state index in [1.54, 1.807) is 6.07 Å². The normalized spacial score (nSPS) is 20.1. The van der Waals surface area contributed by atoms with Crippen LogP contribution in [0.25, 0.3) is 0 Å². The highest BCUT2D eigenvalue weighted by Gasteiger charge is 2.19. The Morgan fingerprint density at radius 2 is 2.47 bits per heavy atom. The predicted molar refractivity (Wildman–Crippen MR) is 58.9 cm³/mol. The van der Waals surface area contributed by atoms with Gasteiger partial charge in [-0.15, -0.1) is 0 Å². The van der Waals surface area contributed by atoms with E-state index in [9.17, 15) is 4.79 Å². The fraction of sp³-hybridized carbons (Fsp3) is 0.400. The molecule has 1 fully saturated rings. The molecule has 5 heteroatoms. The van der Waals surface area contributed by atoms with Crippen molar-refractivity contribution in [3.05, 3.63) is 23.4 Å². The van der Waals surface area contributed by atoms with Crippen LogP contribution < -0.4 is 10.6 Å². The van der Waals surface area contributed by atoms with Gasteiger partial charge in [-0.2, -0.15) is 0 Å². The summed E-state index contributed by atoms with van der Waals surface area (Å²) < 4.78 is 0. The van der Waals surface area contributed by atoms with Gasteiger partial charge in [0.25, 0.3) is 0 Å². The maximum atomic E-state index is 10.9. The molecular weight excluding hydrogens is 214 g/mol. The van der Waals surface area contributed by atoms with Gasteiger partial charge in [0, 0.05) is 19.0 Å². The number of hydrogen-bond donors (Lipinski definition) is 2. The van der Waals surface area contributed by atoms with E-state index < -0.39 is 0 Å². The number of anilines is 1. The van der Waals surface area contributed by atoms with Crippen molar-refractivity contribution in [3.8, 4) is 0 Å². The van der Waals surface area contributed by atoms with E-state index in [4.69, 9.17) is 11.6 Å². The smallest absolute Gasteiger partial charge is 0.220 e. The third-order valence-corrected chi connectivity index (χ3v) is 2.54. The van der Waals surface area contributed by atoms with Crippen LogP contribution >= 0.6 is 11.6 Å². The number of halogens is 1. The van der Waals surface area contributed by atoms with Crippen LogP contribution in [0.4, 0.5) is 5.82 Å². The number of nitrogens with zero attached hydrogens (tertiary/aromatic N) is 1. The Bertz CT molecular complexity index is 369. The Labute approximate surface area is 93.0 Å². The zero-order valence-electron chi connectivity index (χ0n) is 8.16. The molecule has 1 aromatic rings. The number of carbonyl (C=O) groups excluding carboxylic acids is 1. The second kappa shape index (κ2) is 4.49. The first-order valence-electron chi connectivity index (χ1n) is 4.90. The third-order valence-electron chi connectivity index (χ3n) is 2.33. The van der Waals surface area contributed by atoms with Gasteiger partial charge in [0.1, 0.15) is 11.0 Å². The molecule has 0 spiro atoms. The summed E-state index contributed by atoms with van der Waals surface area (Å²) in [5.74, 6) is 0.865. The lowest BCUT2D eigenvalue weighted by Gasteiger charge is -2.11. The van der Waals surface area contributed by atoms with E-state index in [1.807, 2.05) is 12.1 Å². The van der Waals surface area contributed by atoms with E-state index in [1.165, 1.54) is 0 Å². The lowest BCUT2D eigenvalue weighted by atomic mass is 10.2. The monoisotopic (exact) mass is 225 g/mol. The lowest BCUT2D eigenvalue weighted by molar-refractivity contribution is -0.119. The van der Waals surface area contributed by atoms with Crippen LogP contribution in [-0.4, -0.2) is 23.5 Å². The summed E-state index contributed by atoms with van der Waals surface area (Å²) in [6.07, 6.45) is 1.50. The van der Waals surface area contributed by atoms with Crippen molar-refractivity contribution < 1.29 is 4.79 Å². The maximum Gasteiger partial charge on any atom is 0.220 e. The molecule has 1 aliphatic rings. The zero-order chi connectivity index (χ0) is 10.7. The van der Waals surface area contributed by atoms with Crippen LogP contribution in [0.1, 0.15) is 12.8 Å². The number of carbonyl (C=O) groups is 1. The first-order chi connectivity index (χ1) is 7.24. The second-order valence-electron chi connectivity index (χ2n) is 3.53. The zero-order valence-corrected chi connectivity index (χ0v) is 8.92. The molecule has 1 atom stereocenters. The van der Waals surface area contributed by atoms with Crippen LogP contribution in [0.2, 0.25) is 5.15 Å². The van der Waals surface area contributed by atoms with Gasteiger partial charge in [-0.1, -0.05) is 17.7 Å². The molecule has 2 rings (SSSR count). The van der Waals surface area contributed by atoms with Crippen LogP contribution in [0.3, 0.4) is 0 Å². The Kier molecular flexibility index (Phi) is 3.06. The number of amides is 1. The van der Waals surface area contributed by atoms with Crippen molar-refractivity contribution in [1.29, 1.82) is 0 Å². The molecule has 0 aromatic carbocycles. The minimum absolute atomic E-state index is 0.126. The minimum atomic E-state index is 0.126. The van der Waals surface area contributed by atoms with E-state index in [2.05, 4.69) is 15.6 Å². The molecule has 1 amide bonds. The predicted octanol–water partition coefficient (Wildman–Crippen LogP) is 1.43. The maximum absolute atomic E-state index is 10.9. The molecule has 1 saturated heterocycles. The Morgan fingerprint density at radius 3 is 3.13 bits per heavy atom. The molecule has 0 radical (unpaired) electrons. The van der Waals surface area contributed by atoms with Crippen molar-refractivity contribution in [2.24, 2.45) is 0 Å². The van der Waals surface area contributed by atoms with Crippen LogP contribution in [0.15, 0.2) is 18.2 Å². The van der Waals surface area contributed by atoms with Crippen molar-refractivity contribution in [1.82, 2.24) is 10.3 Å². The first kappa shape index (κ1) is 10.2. The van der Waals surface area contributed by atoms with Gasteiger partial charge in [0.05, 0.1) is 0 Å². The van der Waals surface area contributed by atoms with Crippen molar-refractivity contribution in [2.75, 3.05) is 11.9 Å². The lowest BCUT2D eigenvalue weighted by Crippen LogP contribution is -2.31. The average Bonchev–Trinajstić information content (AvgIpc) is 2.62. The topological polar surface area (TPSA) is 54.0 Å². The highest BCUT2D eigenvalue weighted by atomic mass is 35.5. The van der Waals surface area contributed by atoms with Crippen LogP contribution in [0, 0.1) is 0 Å². The van der Waals surface area contributed by atoms with E-state index in [0.717, 1.165) is 12.2 Å². The minimum Gasteiger partial charge on any atom is -0.368 e. The Morgan fingerprint density at radius 1 is 1.60 bits per heavy atom. The Balaban J connectivity index is 1.85. The molecule has 1 aromatic heterocycles. The molecule has 1 unspecified atom stereocenters. The van der Waals surface area contributed by atoms with Crippen LogP contribution in [0.5, 0.6) is 0 Å². The number of nitrogens with one attached hydrogen (secondary N) is 2. The molecule has 4 nitrogen and oxygen atoms in total. The van der Waals surface area contributed by atoms with Gasteiger partial charge >= 0.3 is 0 Å². The fourth-order valence-electron chi connectivity index (χ4n) is 1.56. The number of aromatic nitrogens is 1. The molecule has 0 bridgehead atoms. The molecular formula is C10H12ClN3O. The highest BCUT2D eigenvalue weighted by Crippen LogP contribution is 2.11. The van der Waals surface area contributed by atoms with Gasteiger partial charge < -0.3 is 10.6 Å². The molecule has 2 heterocycles. The summed E-state index contributed by atoms with van der Waals surface area (Å²) >= 11 is 5.74. The second-order valence-corrected chi connectivity index (χ2v) is 3.92. The Hall–Kier alpha value is -1.29. The molecule has 80 valence electrons. The van der Waals surface area contributed by atoms with Crippen molar-refractivity contribution >= 4 is 23.3 Å². The van der Waals surface area contributed by atoms with Gasteiger partial charge in [0.15, 0.2) is 0 Å². The van der Waals surface area contributed by atoms with Crippen molar-refractivity contribution in [3.63, 3.8) is 0 Å². The van der Waals surface area contributed by atoms with Gasteiger partial charge in [0.2, 0.25) is 5.91 Å². The molecule has 2 N–H and O–H groups in total. The van der Waals surface area contributed by atoms with Crippen LogP contribution in [-0.2, 0) is 4.79 Å². The molecule has 15 heavy (non-hydrogen) atoms. The summed E-state index contributed by atoms with van der Waals surface area (Å²) in [4.78, 5) is 15.0. The van der Waals surface area contributed by atoms with Gasteiger partial charge in [-0.05, 0) is 18.6 Å². The number of hydrogen-bond acceptors (Lipinski definition) is 3. The summed E-state index contributed by atoms with van der Waals surface area (Å²) in [5, 5.41) is 6.48. The van der Waals surface area contributed by atoms with Gasteiger partial charge in [-0.25, -0.2) is 4.98 Å². The quantitative estimate of drug-likeness (QED) is 0.766. The summed E-state index contributed by atoms with van der Waals surface area (Å²) in [6, 6.07) is 5.62. The summed E-state index contributed by atoms with van der Waals surface area (Å²) in [5.41, 5.74) is 0. The van der Waals surface area contributed by atoms with E-state index >= 15 is 0 Å². The summed E-state index contributed by atoms with van der Waals surface area (Å²) in [6.45, 7) is 0.694. The molecule has 0 aliphatic carbocycles. The van der Waals surface area contributed by atoms with Gasteiger partial charge in [-0.3, -0.25) is 4.79 Å². The number of pyridine rings is 1. The third kappa shape index (κ3) is 2.83. The first-order valence-corrected chi connectivity index (χ1v) is 5.27. The SMILES string of the molecule is O=C1CCC(CNc2cccc(Cl)n2)N1.